The van der Waals surface area contributed by atoms with Crippen molar-refractivity contribution in [2.75, 3.05) is 17.7 Å². The molecule has 140 valence electrons. The molecule has 0 heterocycles. The van der Waals surface area contributed by atoms with E-state index in [1.54, 1.807) is 0 Å². The van der Waals surface area contributed by atoms with Crippen LogP contribution in [-0.2, 0) is 24.3 Å². The highest BCUT2D eigenvalue weighted by molar-refractivity contribution is 7.89. The number of anilines is 1. The molecule has 2 N–H and O–H groups in total. The maximum Gasteiger partial charge on any atom is 0.324 e. The summed E-state index contributed by atoms with van der Waals surface area (Å²) in [7, 11) is -3.59. The molecule has 0 aliphatic rings. The van der Waals surface area contributed by atoms with Gasteiger partial charge in [-0.25, -0.2) is 17.5 Å². The van der Waals surface area contributed by atoms with Crippen LogP contribution in [0.5, 0.6) is 0 Å². The number of amides is 1. The van der Waals surface area contributed by atoms with E-state index >= 15 is 0 Å². The fourth-order valence-electron chi connectivity index (χ4n) is 1.74. The smallest absolute Gasteiger partial charge is 0.324 e. The van der Waals surface area contributed by atoms with E-state index < -0.39 is 40.4 Å². The number of halogens is 2. The van der Waals surface area contributed by atoms with Crippen LogP contribution < -0.4 is 10.0 Å². The van der Waals surface area contributed by atoms with Crippen molar-refractivity contribution in [3.63, 3.8) is 0 Å². The van der Waals surface area contributed by atoms with Crippen molar-refractivity contribution < 1.29 is 27.1 Å². The van der Waals surface area contributed by atoms with Gasteiger partial charge in [0.25, 0.3) is 5.91 Å². The van der Waals surface area contributed by atoms with Gasteiger partial charge in [-0.2, -0.15) is 0 Å². The summed E-state index contributed by atoms with van der Waals surface area (Å²) in [5.74, 6) is -2.27. The van der Waals surface area contributed by atoms with E-state index in [4.69, 9.17) is 16.3 Å². The Hall–Kier alpha value is -1.71. The number of benzene rings is 1. The van der Waals surface area contributed by atoms with Gasteiger partial charge in [0.05, 0.1) is 10.8 Å². The number of hydrogen-bond donors (Lipinski definition) is 2. The topological polar surface area (TPSA) is 102 Å². The molecule has 0 aromatic heterocycles. The first kappa shape index (κ1) is 21.3. The number of carbonyl (C=O) groups is 2. The summed E-state index contributed by atoms with van der Waals surface area (Å²) in [5.41, 5.74) is 0.237. The lowest BCUT2D eigenvalue weighted by Gasteiger charge is -2.13. The SMILES string of the molecule is CCCCS(=O)(=O)N[C@@H](C)C(=O)OCC(=O)Nc1ccc(F)c(Cl)c1. The van der Waals surface area contributed by atoms with Crippen molar-refractivity contribution in [3.8, 4) is 0 Å². The zero-order valence-electron chi connectivity index (χ0n) is 13.8. The second-order valence-electron chi connectivity index (χ2n) is 5.30. The lowest BCUT2D eigenvalue weighted by Crippen LogP contribution is -2.41. The number of nitrogens with one attached hydrogen (secondary N) is 2. The number of esters is 1. The lowest BCUT2D eigenvalue weighted by atomic mass is 10.3. The minimum atomic E-state index is -3.59. The molecule has 0 bridgehead atoms. The van der Waals surface area contributed by atoms with Crippen LogP contribution in [0.4, 0.5) is 10.1 Å². The first-order chi connectivity index (χ1) is 11.6. The van der Waals surface area contributed by atoms with Gasteiger partial charge in [0, 0.05) is 5.69 Å². The molecule has 0 saturated carbocycles. The molecule has 0 aliphatic heterocycles. The Morgan fingerprint density at radius 3 is 2.64 bits per heavy atom. The molecule has 1 rings (SSSR count). The predicted molar refractivity (Wildman–Crippen MR) is 92.3 cm³/mol. The van der Waals surface area contributed by atoms with Crippen molar-refractivity contribution in [3.05, 3.63) is 29.0 Å². The van der Waals surface area contributed by atoms with E-state index in [1.807, 2.05) is 6.92 Å². The van der Waals surface area contributed by atoms with Crippen LogP contribution in [0.1, 0.15) is 26.7 Å². The summed E-state index contributed by atoms with van der Waals surface area (Å²) >= 11 is 5.59. The highest BCUT2D eigenvalue weighted by atomic mass is 35.5. The van der Waals surface area contributed by atoms with Gasteiger partial charge in [0.2, 0.25) is 10.0 Å². The standard InChI is InChI=1S/C15H20ClFN2O5S/c1-3-4-7-25(22,23)19-10(2)15(21)24-9-14(20)18-11-5-6-13(17)12(16)8-11/h5-6,8,10,19H,3-4,7,9H2,1-2H3,(H,18,20)/t10-/m0/s1. The highest BCUT2D eigenvalue weighted by Crippen LogP contribution is 2.19. The highest BCUT2D eigenvalue weighted by Gasteiger charge is 2.21. The second kappa shape index (κ2) is 9.69. The summed E-state index contributed by atoms with van der Waals surface area (Å²) in [6.07, 6.45) is 1.17. The number of sulfonamides is 1. The van der Waals surface area contributed by atoms with Crippen LogP contribution in [-0.4, -0.2) is 38.7 Å². The van der Waals surface area contributed by atoms with E-state index in [1.165, 1.54) is 19.1 Å². The number of rotatable bonds is 9. The maximum absolute atomic E-state index is 13.0. The molecule has 0 spiro atoms. The van der Waals surface area contributed by atoms with Gasteiger partial charge < -0.3 is 10.1 Å². The van der Waals surface area contributed by atoms with Crippen molar-refractivity contribution in [1.82, 2.24) is 4.72 Å². The molecule has 1 aromatic rings. The van der Waals surface area contributed by atoms with Gasteiger partial charge in [0.15, 0.2) is 6.61 Å². The molecule has 1 aromatic carbocycles. The molecule has 0 radical (unpaired) electrons. The number of unbranched alkanes of at least 4 members (excludes halogenated alkanes) is 1. The van der Waals surface area contributed by atoms with E-state index in [0.717, 1.165) is 6.07 Å². The van der Waals surface area contributed by atoms with Gasteiger partial charge in [0.1, 0.15) is 11.9 Å². The Labute approximate surface area is 150 Å². The number of ether oxygens (including phenoxy) is 1. The Morgan fingerprint density at radius 1 is 1.36 bits per heavy atom. The Kier molecular flexibility index (Phi) is 8.27. The van der Waals surface area contributed by atoms with Gasteiger partial charge in [-0.15, -0.1) is 0 Å². The van der Waals surface area contributed by atoms with E-state index in [2.05, 4.69) is 10.0 Å². The number of carbonyl (C=O) groups excluding carboxylic acids is 2. The van der Waals surface area contributed by atoms with Crippen LogP contribution in [0, 0.1) is 5.82 Å². The summed E-state index contributed by atoms with van der Waals surface area (Å²) in [6.45, 7) is 2.55. The molecule has 0 saturated heterocycles. The maximum atomic E-state index is 13.0. The summed E-state index contributed by atoms with van der Waals surface area (Å²) in [5, 5.41) is 2.21. The van der Waals surface area contributed by atoms with Crippen LogP contribution in [0.25, 0.3) is 0 Å². The largest absolute Gasteiger partial charge is 0.454 e. The predicted octanol–water partition coefficient (Wildman–Crippen LogP) is 2.07. The third-order valence-electron chi connectivity index (χ3n) is 3.03. The normalized spacial score (nSPS) is 12.5. The first-order valence-corrected chi connectivity index (χ1v) is 9.59. The molecule has 25 heavy (non-hydrogen) atoms. The molecule has 0 aliphatic carbocycles. The molecule has 0 unspecified atom stereocenters. The van der Waals surface area contributed by atoms with Gasteiger partial charge >= 0.3 is 5.97 Å². The quantitative estimate of drug-likeness (QED) is 0.624. The van der Waals surface area contributed by atoms with Crippen molar-refractivity contribution in [1.29, 1.82) is 0 Å². The van der Waals surface area contributed by atoms with Crippen LogP contribution in [0.3, 0.4) is 0 Å². The Bertz CT molecular complexity index is 727. The average molecular weight is 395 g/mol. The van der Waals surface area contributed by atoms with Crippen molar-refractivity contribution in [2.24, 2.45) is 0 Å². The first-order valence-electron chi connectivity index (χ1n) is 7.56. The van der Waals surface area contributed by atoms with Crippen LogP contribution >= 0.6 is 11.6 Å². The lowest BCUT2D eigenvalue weighted by molar-refractivity contribution is -0.148. The number of hydrogen-bond acceptors (Lipinski definition) is 5. The van der Waals surface area contributed by atoms with E-state index in [-0.39, 0.29) is 16.5 Å². The average Bonchev–Trinajstić information content (AvgIpc) is 2.53. The summed E-state index contributed by atoms with van der Waals surface area (Å²) in [4.78, 5) is 23.4. The molecule has 1 atom stereocenters. The van der Waals surface area contributed by atoms with Crippen molar-refractivity contribution >= 4 is 39.2 Å². The second-order valence-corrected chi connectivity index (χ2v) is 7.58. The van der Waals surface area contributed by atoms with Gasteiger partial charge in [-0.1, -0.05) is 24.9 Å². The zero-order valence-corrected chi connectivity index (χ0v) is 15.4. The Morgan fingerprint density at radius 2 is 2.04 bits per heavy atom. The minimum Gasteiger partial charge on any atom is -0.454 e. The molecule has 7 nitrogen and oxygen atoms in total. The third-order valence-corrected chi connectivity index (χ3v) is 4.85. The monoisotopic (exact) mass is 394 g/mol. The van der Waals surface area contributed by atoms with Gasteiger partial charge in [-0.3, -0.25) is 9.59 Å². The fraction of sp³-hybridized carbons (Fsp3) is 0.467. The fourth-order valence-corrected chi connectivity index (χ4v) is 3.35. The third kappa shape index (κ3) is 7.80. The molecule has 1 amide bonds. The molecular weight excluding hydrogens is 375 g/mol. The molecular formula is C15H20ClFN2O5S. The van der Waals surface area contributed by atoms with Gasteiger partial charge in [-0.05, 0) is 31.5 Å². The summed E-state index contributed by atoms with van der Waals surface area (Å²) in [6, 6.07) is 2.47. The van der Waals surface area contributed by atoms with E-state index in [9.17, 15) is 22.4 Å². The Balaban J connectivity index is 2.46. The van der Waals surface area contributed by atoms with Crippen LogP contribution in [0.15, 0.2) is 18.2 Å². The summed E-state index contributed by atoms with van der Waals surface area (Å²) < 4.78 is 43.4. The molecule has 10 heteroatoms. The molecule has 0 fully saturated rings. The van der Waals surface area contributed by atoms with Crippen LogP contribution in [0.2, 0.25) is 5.02 Å². The van der Waals surface area contributed by atoms with Crippen molar-refractivity contribution in [2.45, 2.75) is 32.7 Å². The van der Waals surface area contributed by atoms with E-state index in [0.29, 0.717) is 12.8 Å². The zero-order chi connectivity index (χ0) is 19.0. The minimum absolute atomic E-state index is 0.0903.